The van der Waals surface area contributed by atoms with Gasteiger partial charge in [0.05, 0.1) is 11.1 Å². The molecule has 1 aromatic rings. The van der Waals surface area contributed by atoms with Crippen LogP contribution in [0.25, 0.3) is 0 Å². The summed E-state index contributed by atoms with van der Waals surface area (Å²) in [4.78, 5) is 22.7. The number of nitrogens with two attached hydrogens (primary N) is 1. The highest BCUT2D eigenvalue weighted by atomic mass is 16.2. The Morgan fingerprint density at radius 2 is 2.00 bits per heavy atom. The van der Waals surface area contributed by atoms with E-state index in [-0.39, 0.29) is 17.9 Å². The van der Waals surface area contributed by atoms with Crippen molar-refractivity contribution < 1.29 is 9.59 Å². The average Bonchev–Trinajstić information content (AvgIpc) is 2.43. The number of amides is 2. The van der Waals surface area contributed by atoms with Gasteiger partial charge in [-0.2, -0.15) is 0 Å². The third-order valence-corrected chi connectivity index (χ3v) is 2.29. The van der Waals surface area contributed by atoms with Gasteiger partial charge < -0.3 is 5.73 Å². The summed E-state index contributed by atoms with van der Waals surface area (Å²) >= 11 is 0. The number of carbonyl (C=O) groups excluding carboxylic acids is 2. The molecule has 0 spiro atoms. The average molecular weight is 190 g/mol. The van der Waals surface area contributed by atoms with Crippen molar-refractivity contribution in [1.29, 1.82) is 0 Å². The minimum atomic E-state index is -0.349. The van der Waals surface area contributed by atoms with Crippen molar-refractivity contribution in [3.63, 3.8) is 0 Å². The zero-order valence-corrected chi connectivity index (χ0v) is 7.70. The molecule has 0 fully saturated rings. The monoisotopic (exact) mass is 190 g/mol. The van der Waals surface area contributed by atoms with Crippen molar-refractivity contribution in [2.24, 2.45) is 5.73 Å². The number of rotatable bonds is 1. The number of nitrogens with one attached hydrogen (secondary N) is 1. The molecule has 14 heavy (non-hydrogen) atoms. The molecule has 0 bridgehead atoms. The van der Waals surface area contributed by atoms with E-state index >= 15 is 0 Å². The Balaban J connectivity index is 2.68. The van der Waals surface area contributed by atoms with Crippen LogP contribution in [0, 0.1) is 0 Å². The second-order valence-electron chi connectivity index (χ2n) is 3.34. The van der Waals surface area contributed by atoms with Gasteiger partial charge >= 0.3 is 0 Å². The van der Waals surface area contributed by atoms with E-state index in [1.807, 2.05) is 0 Å². The number of imide groups is 1. The number of hydrogen-bond donors (Lipinski definition) is 2. The fourth-order valence-electron chi connectivity index (χ4n) is 1.63. The van der Waals surface area contributed by atoms with E-state index in [1.165, 1.54) is 0 Å². The zero-order chi connectivity index (χ0) is 10.3. The van der Waals surface area contributed by atoms with Gasteiger partial charge in [-0.15, -0.1) is 0 Å². The van der Waals surface area contributed by atoms with Gasteiger partial charge in [-0.05, 0) is 18.6 Å². The van der Waals surface area contributed by atoms with Crippen LogP contribution < -0.4 is 11.1 Å². The molecule has 1 aliphatic heterocycles. The molecule has 0 aromatic heterocycles. The van der Waals surface area contributed by atoms with Gasteiger partial charge in [0, 0.05) is 6.04 Å². The fraction of sp³-hybridized carbons (Fsp3) is 0.200. The minimum Gasteiger partial charge on any atom is -0.324 e. The maximum absolute atomic E-state index is 11.4. The van der Waals surface area contributed by atoms with E-state index < -0.39 is 0 Å². The van der Waals surface area contributed by atoms with E-state index in [4.69, 9.17) is 5.73 Å². The van der Waals surface area contributed by atoms with Crippen molar-refractivity contribution in [3.05, 3.63) is 34.9 Å². The van der Waals surface area contributed by atoms with E-state index in [1.54, 1.807) is 25.1 Å². The highest BCUT2D eigenvalue weighted by Gasteiger charge is 2.29. The van der Waals surface area contributed by atoms with Crippen molar-refractivity contribution in [2.45, 2.75) is 13.0 Å². The first-order chi connectivity index (χ1) is 6.61. The smallest absolute Gasteiger partial charge is 0.259 e. The molecule has 1 heterocycles. The van der Waals surface area contributed by atoms with Crippen LogP contribution in [0.5, 0.6) is 0 Å². The Labute approximate surface area is 81.1 Å². The molecular formula is C10H10N2O2. The predicted molar refractivity (Wildman–Crippen MR) is 50.8 cm³/mol. The van der Waals surface area contributed by atoms with Gasteiger partial charge in [0.25, 0.3) is 11.8 Å². The van der Waals surface area contributed by atoms with E-state index in [9.17, 15) is 9.59 Å². The number of carbonyl (C=O) groups is 2. The zero-order valence-electron chi connectivity index (χ0n) is 7.70. The molecule has 0 saturated carbocycles. The highest BCUT2D eigenvalue weighted by Crippen LogP contribution is 2.23. The fourth-order valence-corrected chi connectivity index (χ4v) is 1.63. The van der Waals surface area contributed by atoms with E-state index in [0.717, 1.165) is 0 Å². The second kappa shape index (κ2) is 2.92. The van der Waals surface area contributed by atoms with Crippen LogP contribution in [0.2, 0.25) is 0 Å². The molecule has 1 aliphatic rings. The first-order valence-electron chi connectivity index (χ1n) is 4.35. The molecule has 1 atom stereocenters. The molecule has 1 aromatic carbocycles. The standard InChI is InChI=1S/C10H10N2O2/c1-5(11)6-3-2-4-7-8(6)10(14)12-9(7)13/h2-5H,11H2,1H3,(H,12,13,14). The summed E-state index contributed by atoms with van der Waals surface area (Å²) in [6, 6.07) is 4.88. The number of fused-ring (bicyclic) bond motifs is 1. The number of benzene rings is 1. The SMILES string of the molecule is CC(N)c1cccc2c1C(=O)NC2=O. The van der Waals surface area contributed by atoms with Crippen LogP contribution in [-0.4, -0.2) is 11.8 Å². The molecule has 1 unspecified atom stereocenters. The summed E-state index contributed by atoms with van der Waals surface area (Å²) in [5.74, 6) is -0.689. The third-order valence-electron chi connectivity index (χ3n) is 2.29. The van der Waals surface area contributed by atoms with E-state index in [2.05, 4.69) is 5.32 Å². The Bertz CT molecular complexity index is 424. The molecule has 72 valence electrons. The van der Waals surface area contributed by atoms with E-state index in [0.29, 0.717) is 16.7 Å². The molecular weight excluding hydrogens is 180 g/mol. The van der Waals surface area contributed by atoms with Crippen LogP contribution in [0.3, 0.4) is 0 Å². The molecule has 4 nitrogen and oxygen atoms in total. The van der Waals surface area contributed by atoms with Crippen molar-refractivity contribution >= 4 is 11.8 Å². The summed E-state index contributed by atoms with van der Waals surface area (Å²) in [7, 11) is 0. The summed E-state index contributed by atoms with van der Waals surface area (Å²) < 4.78 is 0. The first-order valence-corrected chi connectivity index (χ1v) is 4.35. The lowest BCUT2D eigenvalue weighted by Crippen LogP contribution is -2.20. The molecule has 0 saturated heterocycles. The van der Waals surface area contributed by atoms with Gasteiger partial charge in [-0.25, -0.2) is 0 Å². The molecule has 3 N–H and O–H groups in total. The largest absolute Gasteiger partial charge is 0.324 e. The lowest BCUT2D eigenvalue weighted by atomic mass is 9.98. The summed E-state index contributed by atoms with van der Waals surface area (Å²) in [5.41, 5.74) is 7.26. The van der Waals surface area contributed by atoms with Gasteiger partial charge in [0.1, 0.15) is 0 Å². The van der Waals surface area contributed by atoms with Crippen molar-refractivity contribution in [2.75, 3.05) is 0 Å². The molecule has 2 amide bonds. The Morgan fingerprint density at radius 3 is 2.64 bits per heavy atom. The normalized spacial score (nSPS) is 16.4. The Morgan fingerprint density at radius 1 is 1.29 bits per heavy atom. The van der Waals surface area contributed by atoms with Crippen LogP contribution in [0.4, 0.5) is 0 Å². The molecule has 2 rings (SSSR count). The summed E-state index contributed by atoms with van der Waals surface area (Å²) in [5, 5.41) is 2.24. The third kappa shape index (κ3) is 1.12. The van der Waals surface area contributed by atoms with Crippen molar-refractivity contribution in [1.82, 2.24) is 5.32 Å². The van der Waals surface area contributed by atoms with Gasteiger partial charge in [0.2, 0.25) is 0 Å². The number of hydrogen-bond acceptors (Lipinski definition) is 3. The summed E-state index contributed by atoms with van der Waals surface area (Å²) in [6.07, 6.45) is 0. The molecule has 4 heteroatoms. The van der Waals surface area contributed by atoms with Crippen molar-refractivity contribution in [3.8, 4) is 0 Å². The lowest BCUT2D eigenvalue weighted by Gasteiger charge is -2.08. The minimum absolute atomic E-state index is 0.249. The maximum atomic E-state index is 11.4. The van der Waals surface area contributed by atoms with Gasteiger partial charge in [-0.3, -0.25) is 14.9 Å². The molecule has 0 radical (unpaired) electrons. The Hall–Kier alpha value is -1.68. The first kappa shape index (κ1) is 8.90. The van der Waals surface area contributed by atoms with Crippen LogP contribution in [-0.2, 0) is 0 Å². The Kier molecular flexibility index (Phi) is 1.86. The van der Waals surface area contributed by atoms with Crippen LogP contribution in [0.15, 0.2) is 18.2 Å². The topological polar surface area (TPSA) is 72.2 Å². The maximum Gasteiger partial charge on any atom is 0.259 e. The van der Waals surface area contributed by atoms with Crippen LogP contribution in [0.1, 0.15) is 39.2 Å². The molecule has 0 aliphatic carbocycles. The van der Waals surface area contributed by atoms with Gasteiger partial charge in [0.15, 0.2) is 0 Å². The van der Waals surface area contributed by atoms with Crippen LogP contribution >= 0.6 is 0 Å². The predicted octanol–water partition coefficient (Wildman–Crippen LogP) is 0.590. The highest BCUT2D eigenvalue weighted by molar-refractivity contribution is 6.22. The quantitative estimate of drug-likeness (QED) is 0.636. The second-order valence-corrected chi connectivity index (χ2v) is 3.34. The van der Waals surface area contributed by atoms with Gasteiger partial charge in [-0.1, -0.05) is 12.1 Å². The summed E-state index contributed by atoms with van der Waals surface area (Å²) in [6.45, 7) is 1.78. The lowest BCUT2D eigenvalue weighted by molar-refractivity contribution is 0.0879.